The third-order valence-electron chi connectivity index (χ3n) is 2.85. The number of aromatic nitrogens is 2. The third-order valence-corrected chi connectivity index (χ3v) is 6.06. The van der Waals surface area contributed by atoms with Crippen molar-refractivity contribution in [2.45, 2.75) is 10.8 Å². The minimum absolute atomic E-state index is 0.0354. The maximum Gasteiger partial charge on any atom is 0.269 e. The molecular weight excluding hydrogens is 411 g/mol. The van der Waals surface area contributed by atoms with Gasteiger partial charge < -0.3 is 4.74 Å². The molecule has 2 aromatic rings. The van der Waals surface area contributed by atoms with Crippen LogP contribution in [0.4, 0.5) is 5.13 Å². The van der Waals surface area contributed by atoms with Gasteiger partial charge in [0.15, 0.2) is 0 Å². The Morgan fingerprint density at radius 2 is 2.08 bits per heavy atom. The quantitative estimate of drug-likeness (QED) is 0.497. The number of halogens is 2. The highest BCUT2D eigenvalue weighted by Gasteiger charge is 2.21. The predicted octanol–water partition coefficient (Wildman–Crippen LogP) is 2.41. The first kappa shape index (κ1) is 20.0. The predicted molar refractivity (Wildman–Crippen MR) is 96.0 cm³/mol. The smallest absolute Gasteiger partial charge is 0.269 e. The van der Waals surface area contributed by atoms with E-state index < -0.39 is 15.9 Å². The number of nitrogens with zero attached hydrogens (tertiary/aromatic N) is 2. The van der Waals surface area contributed by atoms with Crippen molar-refractivity contribution in [1.29, 1.82) is 0 Å². The summed E-state index contributed by atoms with van der Waals surface area (Å²) in [6.45, 7) is 0.639. The molecule has 1 amide bonds. The Balaban J connectivity index is 2.04. The molecule has 25 heavy (non-hydrogen) atoms. The van der Waals surface area contributed by atoms with Crippen molar-refractivity contribution in [1.82, 2.24) is 14.9 Å². The van der Waals surface area contributed by atoms with Gasteiger partial charge in [0, 0.05) is 25.3 Å². The molecule has 0 saturated heterocycles. The molecule has 0 saturated carbocycles. The van der Waals surface area contributed by atoms with E-state index in [-0.39, 0.29) is 26.6 Å². The minimum atomic E-state index is -3.79. The second-order valence-electron chi connectivity index (χ2n) is 4.70. The molecule has 8 nitrogen and oxygen atoms in total. The van der Waals surface area contributed by atoms with Crippen LogP contribution in [0.25, 0.3) is 0 Å². The number of hydrogen-bond donors (Lipinski definition) is 2. The van der Waals surface area contributed by atoms with E-state index in [4.69, 9.17) is 27.9 Å². The highest BCUT2D eigenvalue weighted by molar-refractivity contribution is 7.91. The maximum absolute atomic E-state index is 12.2. The summed E-state index contributed by atoms with van der Waals surface area (Å²) in [6.07, 6.45) is 0.521. The van der Waals surface area contributed by atoms with Crippen LogP contribution in [0.5, 0.6) is 0 Å². The molecule has 0 radical (unpaired) electrons. The molecule has 1 aromatic carbocycles. The second-order valence-corrected chi connectivity index (χ2v) is 8.46. The maximum atomic E-state index is 12.2. The Bertz CT molecular complexity index is 857. The van der Waals surface area contributed by atoms with Gasteiger partial charge in [-0.2, -0.15) is 0 Å². The largest absolute Gasteiger partial charge is 0.385 e. The van der Waals surface area contributed by atoms with E-state index in [1.165, 1.54) is 25.3 Å². The summed E-state index contributed by atoms with van der Waals surface area (Å²) in [5.74, 6) is -0.546. The highest BCUT2D eigenvalue weighted by atomic mass is 35.5. The van der Waals surface area contributed by atoms with Crippen LogP contribution in [0, 0.1) is 0 Å². The average Bonchev–Trinajstić information content (AvgIpc) is 3.01. The first-order valence-electron chi connectivity index (χ1n) is 6.92. The second kappa shape index (κ2) is 8.88. The minimum Gasteiger partial charge on any atom is -0.385 e. The lowest BCUT2D eigenvalue weighted by molar-refractivity contribution is 0.102. The van der Waals surface area contributed by atoms with Gasteiger partial charge in [-0.15, -0.1) is 10.2 Å². The summed E-state index contributed by atoms with van der Waals surface area (Å²) < 4.78 is 31.1. The van der Waals surface area contributed by atoms with Crippen molar-refractivity contribution in [2.24, 2.45) is 0 Å². The van der Waals surface area contributed by atoms with Crippen LogP contribution in [0.2, 0.25) is 10.0 Å². The fourth-order valence-electron chi connectivity index (χ4n) is 1.69. The van der Waals surface area contributed by atoms with Crippen molar-refractivity contribution < 1.29 is 17.9 Å². The summed E-state index contributed by atoms with van der Waals surface area (Å²) in [6, 6.07) is 4.40. The number of benzene rings is 1. The van der Waals surface area contributed by atoms with E-state index in [0.29, 0.717) is 18.1 Å². The summed E-state index contributed by atoms with van der Waals surface area (Å²) in [7, 11) is -2.26. The number of ether oxygens (including phenoxy) is 1. The van der Waals surface area contributed by atoms with E-state index in [9.17, 15) is 13.2 Å². The van der Waals surface area contributed by atoms with E-state index in [1.807, 2.05) is 0 Å². The van der Waals surface area contributed by atoms with Gasteiger partial charge in [0.25, 0.3) is 15.9 Å². The Hall–Kier alpha value is -1.30. The molecule has 2 N–H and O–H groups in total. The molecule has 0 spiro atoms. The number of nitrogens with one attached hydrogen (secondary N) is 2. The molecule has 1 heterocycles. The van der Waals surface area contributed by atoms with Crippen LogP contribution < -0.4 is 10.0 Å². The zero-order valence-corrected chi connectivity index (χ0v) is 16.1. The molecule has 0 atom stereocenters. The number of carbonyl (C=O) groups is 1. The lowest BCUT2D eigenvalue weighted by atomic mass is 10.2. The fraction of sp³-hybridized carbons (Fsp3) is 0.308. The van der Waals surface area contributed by atoms with Gasteiger partial charge in [-0.25, -0.2) is 13.1 Å². The van der Waals surface area contributed by atoms with E-state index in [0.717, 1.165) is 11.3 Å². The zero-order chi connectivity index (χ0) is 18.4. The first-order valence-corrected chi connectivity index (χ1v) is 9.97. The van der Waals surface area contributed by atoms with Crippen LogP contribution in [0.15, 0.2) is 22.5 Å². The number of anilines is 1. The van der Waals surface area contributed by atoms with Gasteiger partial charge in [-0.05, 0) is 24.6 Å². The Kier molecular flexibility index (Phi) is 7.11. The Morgan fingerprint density at radius 3 is 2.76 bits per heavy atom. The normalized spacial score (nSPS) is 11.5. The Morgan fingerprint density at radius 1 is 1.32 bits per heavy atom. The summed E-state index contributed by atoms with van der Waals surface area (Å²) in [5.41, 5.74) is 0.184. The zero-order valence-electron chi connectivity index (χ0n) is 13.0. The molecule has 0 bridgehead atoms. The van der Waals surface area contributed by atoms with Gasteiger partial charge in [0.05, 0.1) is 10.6 Å². The van der Waals surface area contributed by atoms with Gasteiger partial charge in [0.2, 0.25) is 9.47 Å². The highest BCUT2D eigenvalue weighted by Crippen LogP contribution is 2.24. The van der Waals surface area contributed by atoms with E-state index >= 15 is 0 Å². The number of rotatable bonds is 8. The summed E-state index contributed by atoms with van der Waals surface area (Å²) in [5, 5.41) is 10.3. The van der Waals surface area contributed by atoms with E-state index in [1.54, 1.807) is 0 Å². The molecule has 0 aliphatic carbocycles. The van der Waals surface area contributed by atoms with Crippen molar-refractivity contribution in [3.05, 3.63) is 33.8 Å². The van der Waals surface area contributed by atoms with Crippen LogP contribution in [0.3, 0.4) is 0 Å². The molecule has 12 heteroatoms. The molecule has 0 fully saturated rings. The number of sulfonamides is 1. The van der Waals surface area contributed by atoms with Crippen molar-refractivity contribution in [3.8, 4) is 0 Å². The van der Waals surface area contributed by atoms with Gasteiger partial charge in [-0.3, -0.25) is 10.1 Å². The topological polar surface area (TPSA) is 110 Å². The van der Waals surface area contributed by atoms with Crippen molar-refractivity contribution >= 4 is 55.6 Å². The third kappa shape index (κ3) is 5.59. The van der Waals surface area contributed by atoms with Gasteiger partial charge in [-0.1, -0.05) is 34.5 Å². The van der Waals surface area contributed by atoms with Gasteiger partial charge >= 0.3 is 0 Å². The molecule has 0 unspecified atom stereocenters. The van der Waals surface area contributed by atoms with E-state index in [2.05, 4.69) is 20.2 Å². The van der Waals surface area contributed by atoms with Crippen LogP contribution in [-0.2, 0) is 14.8 Å². The van der Waals surface area contributed by atoms with Crippen LogP contribution in [-0.4, -0.2) is 44.8 Å². The molecule has 0 aliphatic rings. The molecule has 2 rings (SSSR count). The van der Waals surface area contributed by atoms with Crippen molar-refractivity contribution in [3.63, 3.8) is 0 Å². The molecular formula is C13H14Cl2N4O4S2. The molecule has 0 aliphatic heterocycles. The van der Waals surface area contributed by atoms with Gasteiger partial charge in [0.1, 0.15) is 0 Å². The lowest BCUT2D eigenvalue weighted by Gasteiger charge is -2.04. The SMILES string of the molecule is COCCCNS(=O)(=O)c1nnc(NC(=O)c2ccc(Cl)cc2Cl)s1. The standard InChI is InChI=1S/C13H14Cl2N4O4S2/c1-23-6-2-5-16-25(21,22)13-19-18-12(24-13)17-11(20)9-4-3-8(14)7-10(9)15/h3-4,7,16H,2,5-6H2,1H3,(H,17,18,20). The van der Waals surface area contributed by atoms with Crippen LogP contribution >= 0.6 is 34.5 Å². The summed E-state index contributed by atoms with van der Waals surface area (Å²) in [4.78, 5) is 12.2. The molecule has 136 valence electrons. The number of amides is 1. The molecule has 1 aromatic heterocycles. The number of methoxy groups -OCH3 is 1. The summed E-state index contributed by atoms with van der Waals surface area (Å²) >= 11 is 12.5. The Labute approximate surface area is 158 Å². The van der Waals surface area contributed by atoms with Crippen molar-refractivity contribution in [2.75, 3.05) is 25.6 Å². The monoisotopic (exact) mass is 424 g/mol. The average molecular weight is 425 g/mol. The number of carbonyl (C=O) groups excluding carboxylic acids is 1. The van der Waals surface area contributed by atoms with Crippen LogP contribution in [0.1, 0.15) is 16.8 Å². The fourth-order valence-corrected chi connectivity index (χ4v) is 4.20. The lowest BCUT2D eigenvalue weighted by Crippen LogP contribution is -2.25. The number of hydrogen-bond acceptors (Lipinski definition) is 7. The first-order chi connectivity index (χ1) is 11.8.